The van der Waals surface area contributed by atoms with Crippen molar-refractivity contribution in [3.8, 4) is 0 Å². The van der Waals surface area contributed by atoms with E-state index in [9.17, 15) is 18.0 Å². The predicted molar refractivity (Wildman–Crippen MR) is 65.1 cm³/mol. The van der Waals surface area contributed by atoms with Crippen LogP contribution in [0.3, 0.4) is 0 Å². The van der Waals surface area contributed by atoms with Gasteiger partial charge in [0, 0.05) is 27.2 Å². The molecule has 1 aliphatic rings. The summed E-state index contributed by atoms with van der Waals surface area (Å²) in [5, 5.41) is 3.34. The Kier molecular flexibility index (Phi) is 3.83. The van der Waals surface area contributed by atoms with Crippen LogP contribution in [0.5, 0.6) is 0 Å². The van der Waals surface area contributed by atoms with Gasteiger partial charge < -0.3 is 20.1 Å². The molecule has 2 N–H and O–H groups in total. The van der Waals surface area contributed by atoms with E-state index in [1.165, 1.54) is 4.90 Å². The second-order valence-corrected chi connectivity index (χ2v) is 5.24. The Morgan fingerprint density at radius 2 is 1.95 bits per heavy atom. The first-order chi connectivity index (χ1) is 9.63. The summed E-state index contributed by atoms with van der Waals surface area (Å²) < 4.78 is 41.6. The molecule has 7 nitrogen and oxygen atoms in total. The van der Waals surface area contributed by atoms with Crippen molar-refractivity contribution in [3.63, 3.8) is 0 Å². The molecule has 0 atom stereocenters. The summed E-state index contributed by atoms with van der Waals surface area (Å²) >= 11 is 0. The van der Waals surface area contributed by atoms with Crippen LogP contribution in [0, 0.1) is 0 Å². The average Bonchev–Trinajstić information content (AvgIpc) is 2.89. The maximum atomic E-state index is 12.5. The third kappa shape index (κ3) is 3.09. The SMILES string of the molecule is CN(C)C(=O)N1CCC(N)(c2noc(C(F)(F)F)n2)CC1. The molecule has 21 heavy (non-hydrogen) atoms. The van der Waals surface area contributed by atoms with Gasteiger partial charge in [0.15, 0.2) is 5.82 Å². The van der Waals surface area contributed by atoms with Crippen LogP contribution >= 0.6 is 0 Å². The lowest BCUT2D eigenvalue weighted by Crippen LogP contribution is -2.52. The first-order valence-corrected chi connectivity index (χ1v) is 6.30. The molecule has 2 heterocycles. The molecule has 0 saturated carbocycles. The first-order valence-electron chi connectivity index (χ1n) is 6.30. The van der Waals surface area contributed by atoms with Gasteiger partial charge in [0.05, 0.1) is 5.54 Å². The number of urea groups is 1. The maximum Gasteiger partial charge on any atom is 0.471 e. The number of nitrogens with two attached hydrogens (primary N) is 1. The van der Waals surface area contributed by atoms with Crippen molar-refractivity contribution in [2.75, 3.05) is 27.2 Å². The first kappa shape index (κ1) is 15.5. The van der Waals surface area contributed by atoms with E-state index in [1.54, 1.807) is 19.0 Å². The van der Waals surface area contributed by atoms with Crippen LogP contribution in [0.1, 0.15) is 24.6 Å². The maximum absolute atomic E-state index is 12.5. The van der Waals surface area contributed by atoms with Gasteiger partial charge in [-0.1, -0.05) is 5.16 Å². The van der Waals surface area contributed by atoms with Gasteiger partial charge in [-0.15, -0.1) is 0 Å². The average molecular weight is 307 g/mol. The lowest BCUT2D eigenvalue weighted by atomic mass is 9.88. The molecule has 10 heteroatoms. The molecule has 1 aromatic rings. The number of hydrogen-bond acceptors (Lipinski definition) is 5. The minimum Gasteiger partial charge on any atom is -0.331 e. The van der Waals surface area contributed by atoms with Crippen LogP contribution in [0.2, 0.25) is 0 Å². The van der Waals surface area contributed by atoms with Crippen LogP contribution < -0.4 is 5.73 Å². The molecule has 0 aliphatic carbocycles. The quantitative estimate of drug-likeness (QED) is 0.837. The number of likely N-dealkylation sites (tertiary alicyclic amines) is 1. The van der Waals surface area contributed by atoms with E-state index in [0.717, 1.165) is 0 Å². The van der Waals surface area contributed by atoms with Crippen molar-refractivity contribution in [1.82, 2.24) is 19.9 Å². The van der Waals surface area contributed by atoms with Crippen LogP contribution in [-0.2, 0) is 11.7 Å². The van der Waals surface area contributed by atoms with E-state index in [1.807, 2.05) is 0 Å². The zero-order chi connectivity index (χ0) is 15.8. The minimum absolute atomic E-state index is 0.166. The summed E-state index contributed by atoms with van der Waals surface area (Å²) in [5.74, 6) is -1.58. The molecular weight excluding hydrogens is 291 g/mol. The summed E-state index contributed by atoms with van der Waals surface area (Å²) in [5.41, 5.74) is 4.96. The number of carbonyl (C=O) groups excluding carboxylic acids is 1. The second kappa shape index (κ2) is 5.17. The topological polar surface area (TPSA) is 88.5 Å². The van der Waals surface area contributed by atoms with Crippen molar-refractivity contribution >= 4 is 6.03 Å². The van der Waals surface area contributed by atoms with Crippen molar-refractivity contribution < 1.29 is 22.5 Å². The van der Waals surface area contributed by atoms with Crippen molar-refractivity contribution in [2.45, 2.75) is 24.6 Å². The second-order valence-electron chi connectivity index (χ2n) is 5.24. The number of nitrogens with zero attached hydrogens (tertiary/aromatic N) is 4. The number of amides is 2. The van der Waals surface area contributed by atoms with E-state index >= 15 is 0 Å². The Labute approximate surface area is 118 Å². The highest BCUT2D eigenvalue weighted by Crippen LogP contribution is 2.32. The molecule has 0 unspecified atom stereocenters. The largest absolute Gasteiger partial charge is 0.471 e. The van der Waals surface area contributed by atoms with Crippen molar-refractivity contribution in [2.24, 2.45) is 5.73 Å². The fourth-order valence-electron chi connectivity index (χ4n) is 2.14. The predicted octanol–water partition coefficient (Wildman–Crippen LogP) is 1.02. The number of piperidine rings is 1. The van der Waals surface area contributed by atoms with Crippen molar-refractivity contribution in [3.05, 3.63) is 11.7 Å². The number of hydrogen-bond donors (Lipinski definition) is 1. The Hall–Kier alpha value is -1.84. The van der Waals surface area contributed by atoms with E-state index in [4.69, 9.17) is 5.73 Å². The van der Waals surface area contributed by atoms with Gasteiger partial charge in [0.25, 0.3) is 0 Å². The lowest BCUT2D eigenvalue weighted by Gasteiger charge is -2.38. The molecule has 2 rings (SSSR count). The fourth-order valence-corrected chi connectivity index (χ4v) is 2.14. The lowest BCUT2D eigenvalue weighted by molar-refractivity contribution is -0.159. The minimum atomic E-state index is -4.69. The van der Waals surface area contributed by atoms with Crippen LogP contribution in [0.25, 0.3) is 0 Å². The third-order valence-electron chi connectivity index (χ3n) is 3.42. The smallest absolute Gasteiger partial charge is 0.331 e. The number of halogens is 3. The number of rotatable bonds is 1. The summed E-state index contributed by atoms with van der Waals surface area (Å²) in [4.78, 5) is 18.1. The Bertz CT molecular complexity index is 520. The van der Waals surface area contributed by atoms with Gasteiger partial charge in [-0.3, -0.25) is 0 Å². The summed E-state index contributed by atoms with van der Waals surface area (Å²) in [6.07, 6.45) is -4.16. The van der Waals surface area contributed by atoms with E-state index in [-0.39, 0.29) is 24.7 Å². The molecule has 1 aromatic heterocycles. The van der Waals surface area contributed by atoms with Gasteiger partial charge in [-0.2, -0.15) is 18.2 Å². The molecule has 1 saturated heterocycles. The van der Waals surface area contributed by atoms with Crippen LogP contribution in [-0.4, -0.2) is 53.2 Å². The Balaban J connectivity index is 2.09. The highest BCUT2D eigenvalue weighted by Gasteiger charge is 2.43. The Morgan fingerprint density at radius 1 is 1.38 bits per heavy atom. The molecule has 1 aliphatic heterocycles. The zero-order valence-corrected chi connectivity index (χ0v) is 11.6. The van der Waals surface area contributed by atoms with Gasteiger partial charge in [-0.05, 0) is 12.8 Å². The number of alkyl halides is 3. The normalized spacial score (nSPS) is 18.7. The number of aromatic nitrogens is 2. The van der Waals surface area contributed by atoms with E-state index < -0.39 is 17.6 Å². The molecule has 118 valence electrons. The van der Waals surface area contributed by atoms with Gasteiger partial charge >= 0.3 is 18.1 Å². The molecule has 0 aromatic carbocycles. The zero-order valence-electron chi connectivity index (χ0n) is 11.6. The molecule has 0 bridgehead atoms. The molecular formula is C11H16F3N5O2. The van der Waals surface area contributed by atoms with Crippen molar-refractivity contribution in [1.29, 1.82) is 0 Å². The third-order valence-corrected chi connectivity index (χ3v) is 3.42. The number of carbonyl (C=O) groups is 1. The molecule has 0 spiro atoms. The fraction of sp³-hybridized carbons (Fsp3) is 0.727. The van der Waals surface area contributed by atoms with Gasteiger partial charge in [-0.25, -0.2) is 4.79 Å². The standard InChI is InChI=1S/C11H16F3N5O2/c1-18(2)9(20)19-5-3-10(15,4-6-19)7-16-8(21-17-7)11(12,13)14/h3-6,15H2,1-2H3. The Morgan fingerprint density at radius 3 is 2.38 bits per heavy atom. The van der Waals surface area contributed by atoms with Crippen LogP contribution in [0.15, 0.2) is 4.52 Å². The molecule has 2 amide bonds. The van der Waals surface area contributed by atoms with E-state index in [0.29, 0.717) is 13.1 Å². The summed E-state index contributed by atoms with van der Waals surface area (Å²) in [6.45, 7) is 0.646. The van der Waals surface area contributed by atoms with Crippen LogP contribution in [0.4, 0.5) is 18.0 Å². The molecule has 0 radical (unpaired) electrons. The van der Waals surface area contributed by atoms with E-state index in [2.05, 4.69) is 14.7 Å². The molecule has 1 fully saturated rings. The monoisotopic (exact) mass is 307 g/mol. The van der Waals surface area contributed by atoms with Gasteiger partial charge in [0.2, 0.25) is 0 Å². The summed E-state index contributed by atoms with van der Waals surface area (Å²) in [7, 11) is 3.25. The van der Waals surface area contributed by atoms with Gasteiger partial charge in [0.1, 0.15) is 0 Å². The highest BCUT2D eigenvalue weighted by molar-refractivity contribution is 5.73. The highest BCUT2D eigenvalue weighted by atomic mass is 19.4. The summed E-state index contributed by atoms with van der Waals surface area (Å²) in [6, 6.07) is -0.166.